The molecule has 1 unspecified atom stereocenters. The number of fused-ring (bicyclic) bond motifs is 3. The third-order valence-electron chi connectivity index (χ3n) is 7.26. The molecule has 5 rings (SSSR count). The number of carbonyl (C=O) groups is 3. The summed E-state index contributed by atoms with van der Waals surface area (Å²) >= 11 is 0. The van der Waals surface area contributed by atoms with Crippen molar-refractivity contribution in [1.29, 1.82) is 0 Å². The molecule has 0 saturated heterocycles. The highest BCUT2D eigenvalue weighted by atomic mass is 16.5. The lowest BCUT2D eigenvalue weighted by atomic mass is 9.82. The number of ether oxygens (including phenoxy) is 4. The van der Waals surface area contributed by atoms with Crippen LogP contribution in [0.3, 0.4) is 0 Å². The Morgan fingerprint density at radius 1 is 1.00 bits per heavy atom. The van der Waals surface area contributed by atoms with Gasteiger partial charge in [-0.3, -0.25) is 9.59 Å². The molecule has 0 aromatic heterocycles. The van der Waals surface area contributed by atoms with Crippen molar-refractivity contribution in [2.24, 2.45) is 0 Å². The Hall–Kier alpha value is -3.87. The first-order chi connectivity index (χ1) is 18.4. The molecule has 2 atom stereocenters. The molecule has 0 amide bonds. The van der Waals surface area contributed by atoms with Crippen molar-refractivity contribution in [3.8, 4) is 17.2 Å². The van der Waals surface area contributed by atoms with Crippen molar-refractivity contribution in [3.05, 3.63) is 64.2 Å². The van der Waals surface area contributed by atoms with E-state index in [0.29, 0.717) is 66.9 Å². The van der Waals surface area contributed by atoms with Crippen LogP contribution in [0, 0.1) is 0 Å². The van der Waals surface area contributed by atoms with E-state index in [9.17, 15) is 14.4 Å². The number of carbonyl (C=O) groups excluding carboxylic acids is 3. The molecule has 0 bridgehead atoms. The molecule has 3 aliphatic rings. The van der Waals surface area contributed by atoms with E-state index in [2.05, 4.69) is 0 Å². The second kappa shape index (κ2) is 11.3. The lowest BCUT2D eigenvalue weighted by Crippen LogP contribution is -2.26. The minimum Gasteiger partial charge on any atom is -0.495 e. The van der Waals surface area contributed by atoms with Gasteiger partial charge in [0, 0.05) is 29.9 Å². The number of Topliss-reactive ketones (excluding diaryl/α,β-unsaturated/α-hetero) is 1. The quantitative estimate of drug-likeness (QED) is 0.355. The first-order valence-electron chi connectivity index (χ1n) is 13.2. The van der Waals surface area contributed by atoms with E-state index in [1.165, 1.54) is 7.11 Å². The van der Waals surface area contributed by atoms with E-state index >= 15 is 0 Å². The van der Waals surface area contributed by atoms with Gasteiger partial charge in [-0.25, -0.2) is 4.79 Å². The van der Waals surface area contributed by atoms with Crippen LogP contribution in [0.5, 0.6) is 17.2 Å². The number of allylic oxidation sites excluding steroid dienone is 1. The zero-order valence-corrected chi connectivity index (χ0v) is 21.8. The van der Waals surface area contributed by atoms with E-state index in [4.69, 9.17) is 18.9 Å². The van der Waals surface area contributed by atoms with E-state index in [1.807, 2.05) is 49.4 Å². The van der Waals surface area contributed by atoms with Gasteiger partial charge in [0.25, 0.3) is 0 Å². The molecule has 0 aliphatic carbocycles. The van der Waals surface area contributed by atoms with Crippen molar-refractivity contribution in [1.82, 2.24) is 0 Å². The van der Waals surface area contributed by atoms with Gasteiger partial charge in [-0.1, -0.05) is 30.4 Å². The maximum Gasteiger partial charge on any atom is 0.342 e. The summed E-state index contributed by atoms with van der Waals surface area (Å²) in [6.45, 7) is 2.15. The first kappa shape index (κ1) is 25.8. The van der Waals surface area contributed by atoms with Crippen LogP contribution in [0.15, 0.2) is 42.0 Å². The Morgan fingerprint density at radius 2 is 1.82 bits per heavy atom. The molecule has 3 aliphatic heterocycles. The van der Waals surface area contributed by atoms with Gasteiger partial charge < -0.3 is 18.9 Å². The van der Waals surface area contributed by atoms with Crippen LogP contribution in [0.1, 0.15) is 84.8 Å². The van der Waals surface area contributed by atoms with E-state index in [-0.39, 0.29) is 30.2 Å². The fourth-order valence-corrected chi connectivity index (χ4v) is 5.36. The zero-order chi connectivity index (χ0) is 26.6. The number of methoxy groups -OCH3 is 1. The van der Waals surface area contributed by atoms with Gasteiger partial charge in [-0.2, -0.15) is 0 Å². The normalized spacial score (nSPS) is 22.8. The highest BCUT2D eigenvalue weighted by molar-refractivity contribution is 5.99. The molecule has 0 radical (unpaired) electrons. The van der Waals surface area contributed by atoms with Crippen molar-refractivity contribution in [3.63, 3.8) is 0 Å². The van der Waals surface area contributed by atoms with Gasteiger partial charge >= 0.3 is 11.9 Å². The van der Waals surface area contributed by atoms with Gasteiger partial charge in [0.05, 0.1) is 19.6 Å². The maximum absolute atomic E-state index is 13.6. The van der Waals surface area contributed by atoms with Gasteiger partial charge in [0.2, 0.25) is 0 Å². The summed E-state index contributed by atoms with van der Waals surface area (Å²) in [6.07, 6.45) is 9.23. The average molecular weight is 517 g/mol. The fraction of sp³-hybridized carbons (Fsp3) is 0.387. The predicted octanol–water partition coefficient (Wildman–Crippen LogP) is 6.05. The molecule has 0 fully saturated rings. The van der Waals surface area contributed by atoms with Crippen molar-refractivity contribution >= 4 is 29.9 Å². The average Bonchev–Trinajstić information content (AvgIpc) is 2.90. The fourth-order valence-electron chi connectivity index (χ4n) is 5.36. The first-order valence-corrected chi connectivity index (χ1v) is 13.2. The summed E-state index contributed by atoms with van der Waals surface area (Å²) in [6, 6.07) is 9.45. The summed E-state index contributed by atoms with van der Waals surface area (Å²) < 4.78 is 23.4. The number of hydrogen-bond acceptors (Lipinski definition) is 7. The van der Waals surface area contributed by atoms with Crippen LogP contribution in [-0.2, 0) is 14.3 Å². The molecule has 2 aromatic rings. The number of benzene rings is 2. The lowest BCUT2D eigenvalue weighted by Gasteiger charge is -2.31. The highest BCUT2D eigenvalue weighted by Crippen LogP contribution is 2.49. The van der Waals surface area contributed by atoms with Gasteiger partial charge in [0.1, 0.15) is 35.2 Å². The molecule has 0 saturated carbocycles. The molecule has 0 N–H and O–H groups in total. The van der Waals surface area contributed by atoms with Crippen molar-refractivity contribution in [2.45, 2.75) is 63.9 Å². The molecular formula is C31H32O7. The molecular weight excluding hydrogens is 484 g/mol. The third kappa shape index (κ3) is 5.37. The predicted molar refractivity (Wildman–Crippen MR) is 143 cm³/mol. The lowest BCUT2D eigenvalue weighted by molar-refractivity contribution is -0.135. The standard InChI is InChI=1S/C31H32O7/c1-19-9-8-13-23(32)12-5-3-4-11-21-16-26-29(30(35-2)28(21)31(34)37-19)24(17-27(33)38-26)22-15-20-10-6-7-14-25(20)36-18-22/h4,6-7,10-11,14-16,19,24H,3,5,8-9,12-13,17-18H2,1-2H3/b11-4+/t19-,24?/m0/s1. The Balaban J connectivity index is 1.62. The van der Waals surface area contributed by atoms with Crippen LogP contribution >= 0.6 is 0 Å². The van der Waals surface area contributed by atoms with Crippen LogP contribution in [-0.4, -0.2) is 37.5 Å². The van der Waals surface area contributed by atoms with Crippen LogP contribution in [0.4, 0.5) is 0 Å². The number of rotatable bonds is 2. The Labute approximate surface area is 222 Å². The summed E-state index contributed by atoms with van der Waals surface area (Å²) in [5.74, 6) is 0.483. The minimum absolute atomic E-state index is 0.106. The number of hydrogen-bond donors (Lipinski definition) is 0. The van der Waals surface area contributed by atoms with Gasteiger partial charge in [-0.15, -0.1) is 0 Å². The van der Waals surface area contributed by atoms with Crippen LogP contribution in [0.25, 0.3) is 12.2 Å². The van der Waals surface area contributed by atoms with Crippen molar-refractivity contribution in [2.75, 3.05) is 13.7 Å². The molecule has 38 heavy (non-hydrogen) atoms. The second-order valence-corrected chi connectivity index (χ2v) is 10.0. The van der Waals surface area contributed by atoms with Crippen molar-refractivity contribution < 1.29 is 33.3 Å². The summed E-state index contributed by atoms with van der Waals surface area (Å²) in [5.41, 5.74) is 3.34. The molecule has 3 heterocycles. The molecule has 7 heteroatoms. The third-order valence-corrected chi connectivity index (χ3v) is 7.26. The number of esters is 2. The summed E-state index contributed by atoms with van der Waals surface area (Å²) in [5, 5.41) is 0. The second-order valence-electron chi connectivity index (χ2n) is 10.0. The minimum atomic E-state index is -0.505. The van der Waals surface area contributed by atoms with Gasteiger partial charge in [-0.05, 0) is 62.0 Å². The number of para-hydroxylation sites is 1. The summed E-state index contributed by atoms with van der Waals surface area (Å²) in [4.78, 5) is 38.4. The SMILES string of the molecule is COc1c2c(cc3c1C(C1=Cc4ccccc4OC1)CC(=O)O3)/C=C/CCCC(=O)CCC[C@H](C)OC2=O. The van der Waals surface area contributed by atoms with E-state index < -0.39 is 5.97 Å². The molecule has 198 valence electrons. The Bertz CT molecular complexity index is 1320. The van der Waals surface area contributed by atoms with E-state index in [0.717, 1.165) is 23.3 Å². The maximum atomic E-state index is 13.6. The van der Waals surface area contributed by atoms with Crippen LogP contribution < -0.4 is 14.2 Å². The number of ketones is 1. The molecule has 2 aromatic carbocycles. The number of cyclic esters (lactones) is 1. The highest BCUT2D eigenvalue weighted by Gasteiger charge is 2.37. The smallest absolute Gasteiger partial charge is 0.342 e. The Kier molecular flexibility index (Phi) is 7.63. The largest absolute Gasteiger partial charge is 0.495 e. The van der Waals surface area contributed by atoms with Gasteiger partial charge in [0.15, 0.2) is 0 Å². The monoisotopic (exact) mass is 516 g/mol. The molecule has 0 spiro atoms. The Morgan fingerprint density at radius 3 is 2.66 bits per heavy atom. The topological polar surface area (TPSA) is 88.1 Å². The zero-order valence-electron chi connectivity index (χ0n) is 21.8. The van der Waals surface area contributed by atoms with E-state index in [1.54, 1.807) is 6.07 Å². The van der Waals surface area contributed by atoms with Crippen LogP contribution in [0.2, 0.25) is 0 Å². The summed E-state index contributed by atoms with van der Waals surface area (Å²) in [7, 11) is 1.52. The molecule has 7 nitrogen and oxygen atoms in total.